The maximum absolute atomic E-state index is 5.16. The molecular weight excluding hydrogens is 264 g/mol. The molecule has 0 unspecified atom stereocenters. The molecule has 0 saturated carbocycles. The predicted octanol–water partition coefficient (Wildman–Crippen LogP) is 3.42. The zero-order valence-electron chi connectivity index (χ0n) is 9.58. The Kier molecular flexibility index (Phi) is 4.99. The molecule has 5 heteroatoms. The smallest absolute Gasteiger partial charge is 0.154 e. The molecule has 1 N–H and O–H groups in total. The molecule has 2 aromatic rings. The highest BCUT2D eigenvalue weighted by Gasteiger charge is 1.97. The molecule has 0 bridgehead atoms. The fourth-order valence-corrected chi connectivity index (χ4v) is 2.11. The Hall–Kier alpha value is -1.59. The van der Waals surface area contributed by atoms with Crippen molar-refractivity contribution in [2.45, 2.75) is 5.75 Å². The molecule has 3 nitrogen and oxygen atoms in total. The Labute approximate surface area is 115 Å². The maximum atomic E-state index is 5.16. The molecule has 0 atom stereocenters. The van der Waals surface area contributed by atoms with Gasteiger partial charge in [0.25, 0.3) is 0 Å². The van der Waals surface area contributed by atoms with Crippen molar-refractivity contribution in [1.82, 2.24) is 5.43 Å². The first-order valence-electron chi connectivity index (χ1n) is 5.38. The summed E-state index contributed by atoms with van der Waals surface area (Å²) in [5, 5.41) is 4.00. The van der Waals surface area contributed by atoms with Crippen LogP contribution in [0.4, 0.5) is 0 Å². The van der Waals surface area contributed by atoms with E-state index in [-0.39, 0.29) is 0 Å². The molecule has 0 radical (unpaired) electrons. The number of benzene rings is 1. The second kappa shape index (κ2) is 6.98. The van der Waals surface area contributed by atoms with E-state index in [4.69, 9.17) is 16.6 Å². The summed E-state index contributed by atoms with van der Waals surface area (Å²) in [6, 6.07) is 13.8. The van der Waals surface area contributed by atoms with E-state index in [9.17, 15) is 0 Å². The topological polar surface area (TPSA) is 37.5 Å². The Morgan fingerprint density at radius 2 is 2.11 bits per heavy atom. The van der Waals surface area contributed by atoms with E-state index in [1.807, 2.05) is 30.3 Å². The maximum Gasteiger partial charge on any atom is 0.154 e. The van der Waals surface area contributed by atoms with Gasteiger partial charge in [0, 0.05) is 5.75 Å². The van der Waals surface area contributed by atoms with Crippen molar-refractivity contribution in [2.75, 3.05) is 0 Å². The van der Waals surface area contributed by atoms with E-state index in [0.717, 1.165) is 5.75 Å². The van der Waals surface area contributed by atoms with Crippen molar-refractivity contribution < 1.29 is 4.42 Å². The van der Waals surface area contributed by atoms with Crippen molar-refractivity contribution in [2.24, 2.45) is 5.10 Å². The van der Waals surface area contributed by atoms with Gasteiger partial charge >= 0.3 is 0 Å². The minimum absolute atomic E-state index is 0.640. The molecule has 1 heterocycles. The number of furan rings is 1. The van der Waals surface area contributed by atoms with Gasteiger partial charge in [-0.15, -0.1) is 0 Å². The molecular formula is C13H12N2OS2. The molecule has 0 aliphatic carbocycles. The summed E-state index contributed by atoms with van der Waals surface area (Å²) in [5.41, 5.74) is 4.03. The zero-order chi connectivity index (χ0) is 12.6. The third kappa shape index (κ3) is 4.35. The van der Waals surface area contributed by atoms with E-state index >= 15 is 0 Å². The Bertz CT molecular complexity index is 509. The molecule has 92 valence electrons. The van der Waals surface area contributed by atoms with Gasteiger partial charge in [-0.2, -0.15) is 5.10 Å². The first-order valence-corrected chi connectivity index (χ1v) is 6.77. The predicted molar refractivity (Wildman–Crippen MR) is 79.8 cm³/mol. The van der Waals surface area contributed by atoms with Crippen molar-refractivity contribution in [3.05, 3.63) is 60.1 Å². The van der Waals surface area contributed by atoms with Gasteiger partial charge in [0.05, 0.1) is 12.5 Å². The van der Waals surface area contributed by atoms with Crippen LogP contribution in [0.1, 0.15) is 11.3 Å². The summed E-state index contributed by atoms with van der Waals surface area (Å²) in [6.07, 6.45) is 3.19. The van der Waals surface area contributed by atoms with E-state index in [1.165, 1.54) is 5.56 Å². The summed E-state index contributed by atoms with van der Waals surface area (Å²) >= 11 is 6.70. The highest BCUT2D eigenvalue weighted by atomic mass is 32.2. The molecule has 0 aliphatic heterocycles. The summed E-state index contributed by atoms with van der Waals surface area (Å²) in [6.45, 7) is 0. The number of nitrogens with zero attached hydrogens (tertiary/aromatic N) is 1. The van der Waals surface area contributed by atoms with Crippen LogP contribution >= 0.6 is 24.0 Å². The Morgan fingerprint density at radius 3 is 2.83 bits per heavy atom. The number of rotatable bonds is 4. The first kappa shape index (κ1) is 12.9. The lowest BCUT2D eigenvalue weighted by atomic mass is 10.2. The van der Waals surface area contributed by atoms with E-state index in [2.05, 4.69) is 22.7 Å². The Morgan fingerprint density at radius 1 is 1.28 bits per heavy atom. The van der Waals surface area contributed by atoms with Crippen LogP contribution in [-0.4, -0.2) is 10.5 Å². The van der Waals surface area contributed by atoms with Crippen LogP contribution in [0, 0.1) is 0 Å². The molecule has 0 saturated heterocycles. The lowest BCUT2D eigenvalue weighted by Crippen LogP contribution is -2.11. The van der Waals surface area contributed by atoms with Crippen LogP contribution in [0.25, 0.3) is 0 Å². The largest absolute Gasteiger partial charge is 0.463 e. The van der Waals surface area contributed by atoms with Crippen molar-refractivity contribution >= 4 is 34.5 Å². The van der Waals surface area contributed by atoms with Crippen LogP contribution in [0.15, 0.2) is 58.2 Å². The van der Waals surface area contributed by atoms with Gasteiger partial charge in [0.15, 0.2) is 4.32 Å². The molecule has 1 aromatic carbocycles. The Balaban J connectivity index is 1.73. The van der Waals surface area contributed by atoms with Crippen molar-refractivity contribution in [3.63, 3.8) is 0 Å². The van der Waals surface area contributed by atoms with Crippen LogP contribution in [0.5, 0.6) is 0 Å². The molecule has 18 heavy (non-hydrogen) atoms. The molecule has 0 spiro atoms. The normalized spacial score (nSPS) is 10.7. The average molecular weight is 276 g/mol. The summed E-state index contributed by atoms with van der Waals surface area (Å²) < 4.78 is 5.75. The minimum atomic E-state index is 0.640. The van der Waals surface area contributed by atoms with Gasteiger partial charge < -0.3 is 4.42 Å². The molecule has 0 aliphatic rings. The molecule has 0 fully saturated rings. The van der Waals surface area contributed by atoms with Crippen LogP contribution in [0.3, 0.4) is 0 Å². The van der Waals surface area contributed by atoms with Crippen LogP contribution in [0.2, 0.25) is 0 Å². The monoisotopic (exact) mass is 276 g/mol. The summed E-state index contributed by atoms with van der Waals surface area (Å²) in [5.74, 6) is 1.53. The third-order valence-corrected chi connectivity index (χ3v) is 3.38. The second-order valence-corrected chi connectivity index (χ2v) is 5.10. The number of thiocarbonyl (C=S) groups is 1. The van der Waals surface area contributed by atoms with Crippen molar-refractivity contribution in [1.29, 1.82) is 0 Å². The highest BCUT2D eigenvalue weighted by molar-refractivity contribution is 8.22. The minimum Gasteiger partial charge on any atom is -0.463 e. The van der Waals surface area contributed by atoms with Gasteiger partial charge in [0.2, 0.25) is 0 Å². The second-order valence-electron chi connectivity index (χ2n) is 3.45. The van der Waals surface area contributed by atoms with Gasteiger partial charge in [-0.3, -0.25) is 5.43 Å². The van der Waals surface area contributed by atoms with Gasteiger partial charge in [0.1, 0.15) is 5.76 Å². The highest BCUT2D eigenvalue weighted by Crippen LogP contribution is 2.12. The quantitative estimate of drug-likeness (QED) is 0.527. The first-order chi connectivity index (χ1) is 8.84. The molecule has 1 aromatic heterocycles. The molecule has 0 amide bonds. The van der Waals surface area contributed by atoms with E-state index < -0.39 is 0 Å². The van der Waals surface area contributed by atoms with E-state index in [1.54, 1.807) is 24.2 Å². The number of hydrogen-bond acceptors (Lipinski definition) is 4. The number of nitrogens with one attached hydrogen (secondary N) is 1. The van der Waals surface area contributed by atoms with Gasteiger partial charge in [-0.1, -0.05) is 54.3 Å². The fourth-order valence-electron chi connectivity index (χ4n) is 1.27. The lowest BCUT2D eigenvalue weighted by molar-refractivity contribution is 0.560. The average Bonchev–Trinajstić information content (AvgIpc) is 2.91. The zero-order valence-corrected chi connectivity index (χ0v) is 11.2. The number of hydrazone groups is 1. The number of thioether (sulfide) groups is 1. The van der Waals surface area contributed by atoms with E-state index in [0.29, 0.717) is 10.1 Å². The fraction of sp³-hybridized carbons (Fsp3) is 0.0769. The van der Waals surface area contributed by atoms with Gasteiger partial charge in [-0.05, 0) is 17.7 Å². The summed E-state index contributed by atoms with van der Waals surface area (Å²) in [4.78, 5) is 0. The molecule has 2 rings (SSSR count). The third-order valence-electron chi connectivity index (χ3n) is 2.10. The van der Waals surface area contributed by atoms with Crippen LogP contribution in [-0.2, 0) is 5.75 Å². The number of hydrogen-bond donors (Lipinski definition) is 1. The van der Waals surface area contributed by atoms with Crippen molar-refractivity contribution in [3.8, 4) is 0 Å². The SMILES string of the molecule is S=C(N/N=C\c1ccco1)SCc1ccccc1. The van der Waals surface area contributed by atoms with Gasteiger partial charge in [-0.25, -0.2) is 0 Å². The van der Waals surface area contributed by atoms with Crippen LogP contribution < -0.4 is 5.43 Å². The summed E-state index contributed by atoms with van der Waals surface area (Å²) in [7, 11) is 0. The standard InChI is InChI=1S/C13H12N2OS2/c17-13(15-14-9-12-7-4-8-16-12)18-10-11-5-2-1-3-6-11/h1-9H,10H2,(H,15,17)/b14-9-. The lowest BCUT2D eigenvalue weighted by Gasteiger charge is -2.02.